The largest absolute Gasteiger partial charge is 0.297 e. The highest BCUT2D eigenvalue weighted by Crippen LogP contribution is 2.07. The van der Waals surface area contributed by atoms with Gasteiger partial charge >= 0.3 is 0 Å². The van der Waals surface area contributed by atoms with E-state index in [0.717, 1.165) is 0 Å². The minimum Gasteiger partial charge on any atom is -0.297 e. The number of nitrogens with zero attached hydrogens (tertiary/aromatic N) is 1. The van der Waals surface area contributed by atoms with E-state index in [2.05, 4.69) is 15.8 Å². The Kier molecular flexibility index (Phi) is 2.68. The molecule has 0 fully saturated rings. The molecule has 0 aromatic carbocycles. The summed E-state index contributed by atoms with van der Waals surface area (Å²) in [6, 6.07) is 3.32. The third kappa shape index (κ3) is 2.43. The maximum atomic E-state index is 9.83. The summed E-state index contributed by atoms with van der Waals surface area (Å²) in [5.41, 5.74) is 5.53. The smallest absolute Gasteiger partial charge is 0.225 e. The molecule has 0 aliphatic rings. The molecule has 0 saturated carbocycles. The molecule has 1 amide bonds. The van der Waals surface area contributed by atoms with Crippen LogP contribution in [0.4, 0.5) is 5.69 Å². The van der Waals surface area contributed by atoms with Gasteiger partial charge in [-0.15, -0.1) is 0 Å². The Morgan fingerprint density at radius 2 is 2.36 bits per heavy atom. The van der Waals surface area contributed by atoms with Crippen molar-refractivity contribution >= 4 is 23.7 Å². The number of aromatic nitrogens is 1. The summed E-state index contributed by atoms with van der Waals surface area (Å²) in [7, 11) is 0. The quantitative estimate of drug-likeness (QED) is 0.402. The molecule has 0 aliphatic carbocycles. The van der Waals surface area contributed by atoms with Crippen LogP contribution in [-0.2, 0) is 4.79 Å². The average Bonchev–Trinajstić information content (AvgIpc) is 2.04. The summed E-state index contributed by atoms with van der Waals surface area (Å²) < 4.78 is 0. The standard InChI is InChI=1S/C6H6ClN3O/c7-6-2-1-5(3-8-6)10-9-4-11/h1-4,10H,(H,9,11). The molecular weight excluding hydrogens is 166 g/mol. The van der Waals surface area contributed by atoms with Gasteiger partial charge < -0.3 is 0 Å². The highest BCUT2D eigenvalue weighted by molar-refractivity contribution is 6.29. The molecule has 1 rings (SSSR count). The van der Waals surface area contributed by atoms with Crippen LogP contribution in [0.5, 0.6) is 0 Å². The zero-order valence-corrected chi connectivity index (χ0v) is 6.30. The normalized spacial score (nSPS) is 8.82. The van der Waals surface area contributed by atoms with Crippen LogP contribution in [0.1, 0.15) is 0 Å². The van der Waals surface area contributed by atoms with Gasteiger partial charge in [-0.1, -0.05) is 11.6 Å². The molecule has 5 heteroatoms. The molecule has 0 atom stereocenters. The minimum absolute atomic E-state index is 0.418. The molecular formula is C6H6ClN3O. The highest BCUT2D eigenvalue weighted by Gasteiger charge is 1.89. The lowest BCUT2D eigenvalue weighted by Gasteiger charge is -2.01. The maximum absolute atomic E-state index is 9.83. The molecule has 0 spiro atoms. The fourth-order valence-corrected chi connectivity index (χ4v) is 0.674. The first-order valence-corrected chi connectivity index (χ1v) is 3.27. The van der Waals surface area contributed by atoms with Gasteiger partial charge in [0.05, 0.1) is 11.9 Å². The Morgan fingerprint density at radius 3 is 2.91 bits per heavy atom. The van der Waals surface area contributed by atoms with Gasteiger partial charge in [-0.3, -0.25) is 15.6 Å². The van der Waals surface area contributed by atoms with Crippen molar-refractivity contribution in [1.29, 1.82) is 0 Å². The third-order valence-electron chi connectivity index (χ3n) is 1.00. The number of carbonyl (C=O) groups is 1. The Hall–Kier alpha value is -1.29. The molecule has 1 aromatic heterocycles. The Bertz CT molecular complexity index is 236. The summed E-state index contributed by atoms with van der Waals surface area (Å²) in [6.07, 6.45) is 2.05. The summed E-state index contributed by atoms with van der Waals surface area (Å²) in [6.45, 7) is 0. The van der Waals surface area contributed by atoms with Gasteiger partial charge in [0.15, 0.2) is 0 Å². The van der Waals surface area contributed by atoms with E-state index in [-0.39, 0.29) is 0 Å². The molecule has 11 heavy (non-hydrogen) atoms. The van der Waals surface area contributed by atoms with Crippen molar-refractivity contribution in [2.75, 3.05) is 5.43 Å². The van der Waals surface area contributed by atoms with E-state index in [1.165, 1.54) is 6.20 Å². The second-order valence-corrected chi connectivity index (χ2v) is 2.14. The Labute approximate surface area is 68.6 Å². The summed E-state index contributed by atoms with van der Waals surface area (Å²) in [5.74, 6) is 0. The molecule has 0 saturated heterocycles. The summed E-state index contributed by atoms with van der Waals surface area (Å²) >= 11 is 5.52. The second-order valence-electron chi connectivity index (χ2n) is 1.76. The van der Waals surface area contributed by atoms with Crippen LogP contribution in [0, 0.1) is 0 Å². The van der Waals surface area contributed by atoms with E-state index in [4.69, 9.17) is 11.6 Å². The average molecular weight is 172 g/mol. The number of carbonyl (C=O) groups excluding carboxylic acids is 1. The highest BCUT2D eigenvalue weighted by atomic mass is 35.5. The van der Waals surface area contributed by atoms with Crippen molar-refractivity contribution in [3.05, 3.63) is 23.5 Å². The van der Waals surface area contributed by atoms with E-state index < -0.39 is 0 Å². The predicted octanol–water partition coefficient (Wildman–Crippen LogP) is 0.808. The lowest BCUT2D eigenvalue weighted by atomic mass is 10.4. The SMILES string of the molecule is O=CNNc1ccc(Cl)nc1. The molecule has 1 heterocycles. The molecule has 0 unspecified atom stereocenters. The van der Waals surface area contributed by atoms with Crippen LogP contribution >= 0.6 is 11.6 Å². The van der Waals surface area contributed by atoms with Gasteiger partial charge in [-0.25, -0.2) is 4.98 Å². The molecule has 0 aliphatic heterocycles. The number of rotatable bonds is 3. The zero-order chi connectivity index (χ0) is 8.10. The fraction of sp³-hybridized carbons (Fsp3) is 0. The van der Waals surface area contributed by atoms with E-state index in [1.807, 2.05) is 0 Å². The van der Waals surface area contributed by atoms with E-state index >= 15 is 0 Å². The van der Waals surface area contributed by atoms with Crippen molar-refractivity contribution < 1.29 is 4.79 Å². The second kappa shape index (κ2) is 3.78. The van der Waals surface area contributed by atoms with Gasteiger partial charge in [0.25, 0.3) is 0 Å². The van der Waals surface area contributed by atoms with Crippen LogP contribution in [0.15, 0.2) is 18.3 Å². The number of halogens is 1. The van der Waals surface area contributed by atoms with Gasteiger partial charge in [0.2, 0.25) is 6.41 Å². The summed E-state index contributed by atoms with van der Waals surface area (Å²) in [4.78, 5) is 13.6. The number of amides is 1. The topological polar surface area (TPSA) is 54.0 Å². The van der Waals surface area contributed by atoms with Crippen molar-refractivity contribution in [3.63, 3.8) is 0 Å². The Morgan fingerprint density at radius 1 is 1.55 bits per heavy atom. The molecule has 0 bridgehead atoms. The molecule has 0 radical (unpaired) electrons. The fourth-order valence-electron chi connectivity index (χ4n) is 0.563. The summed E-state index contributed by atoms with van der Waals surface area (Å²) in [5, 5.41) is 0.418. The van der Waals surface area contributed by atoms with Gasteiger partial charge in [-0.2, -0.15) is 0 Å². The lowest BCUT2D eigenvalue weighted by molar-refractivity contribution is -0.109. The van der Waals surface area contributed by atoms with Crippen molar-refractivity contribution in [1.82, 2.24) is 10.4 Å². The van der Waals surface area contributed by atoms with Gasteiger partial charge in [-0.05, 0) is 12.1 Å². The molecule has 58 valence electrons. The molecule has 1 aromatic rings. The third-order valence-corrected chi connectivity index (χ3v) is 1.23. The number of anilines is 1. The number of nitrogens with one attached hydrogen (secondary N) is 2. The van der Waals surface area contributed by atoms with Gasteiger partial charge in [0.1, 0.15) is 5.15 Å². The van der Waals surface area contributed by atoms with Crippen molar-refractivity contribution in [2.24, 2.45) is 0 Å². The molecule has 4 nitrogen and oxygen atoms in total. The Balaban J connectivity index is 2.58. The van der Waals surface area contributed by atoms with Crippen LogP contribution in [0.3, 0.4) is 0 Å². The number of hydrogen-bond donors (Lipinski definition) is 2. The van der Waals surface area contributed by atoms with Crippen molar-refractivity contribution in [3.8, 4) is 0 Å². The number of pyridine rings is 1. The van der Waals surface area contributed by atoms with Crippen LogP contribution in [0.2, 0.25) is 5.15 Å². The first kappa shape index (κ1) is 7.81. The van der Waals surface area contributed by atoms with Gasteiger partial charge in [0, 0.05) is 0 Å². The maximum Gasteiger partial charge on any atom is 0.225 e. The van der Waals surface area contributed by atoms with Crippen LogP contribution in [-0.4, -0.2) is 11.4 Å². The van der Waals surface area contributed by atoms with Crippen LogP contribution in [0.25, 0.3) is 0 Å². The van der Waals surface area contributed by atoms with E-state index in [0.29, 0.717) is 17.3 Å². The molecule has 2 N–H and O–H groups in total. The van der Waals surface area contributed by atoms with Crippen LogP contribution < -0.4 is 10.9 Å². The predicted molar refractivity (Wildman–Crippen MR) is 42.1 cm³/mol. The lowest BCUT2D eigenvalue weighted by Crippen LogP contribution is -2.18. The first-order valence-electron chi connectivity index (χ1n) is 2.89. The van der Waals surface area contributed by atoms with E-state index in [1.54, 1.807) is 12.1 Å². The van der Waals surface area contributed by atoms with E-state index in [9.17, 15) is 4.79 Å². The minimum atomic E-state index is 0.418. The van der Waals surface area contributed by atoms with Crippen molar-refractivity contribution in [2.45, 2.75) is 0 Å². The number of hydrazine groups is 1. The first-order chi connectivity index (χ1) is 5.33. The number of hydrogen-bond acceptors (Lipinski definition) is 3. The monoisotopic (exact) mass is 171 g/mol. The zero-order valence-electron chi connectivity index (χ0n) is 5.54.